The number of carbonyl (C=O) groups excluding carboxylic acids is 2. The van der Waals surface area contributed by atoms with E-state index in [1.807, 2.05) is 47.9 Å². The highest BCUT2D eigenvalue weighted by Crippen LogP contribution is 2.24. The number of benzene rings is 1. The number of hydrogen-bond donors (Lipinski definition) is 1. The van der Waals surface area contributed by atoms with Gasteiger partial charge in [0.05, 0.1) is 30.6 Å². The van der Waals surface area contributed by atoms with E-state index in [9.17, 15) is 9.59 Å². The van der Waals surface area contributed by atoms with Crippen LogP contribution in [-0.2, 0) is 20.9 Å². The SMILES string of the molecule is CCn1c(SCC(=O)NC(CC(=O)OC(C)C)c2ccccc2)nnc1-c1ccco1. The first-order chi connectivity index (χ1) is 15.0. The molecule has 0 fully saturated rings. The molecule has 0 bridgehead atoms. The third kappa shape index (κ3) is 6.21. The maximum absolute atomic E-state index is 12.7. The Morgan fingerprint density at radius 1 is 1.16 bits per heavy atom. The lowest BCUT2D eigenvalue weighted by molar-refractivity contribution is -0.148. The average Bonchev–Trinajstić information content (AvgIpc) is 3.41. The number of furan rings is 1. The summed E-state index contributed by atoms with van der Waals surface area (Å²) < 4.78 is 12.6. The minimum absolute atomic E-state index is 0.0619. The van der Waals surface area contributed by atoms with Gasteiger partial charge in [0.1, 0.15) is 0 Å². The standard InChI is InChI=1S/C22H26N4O4S/c1-4-26-21(18-11-8-12-29-18)24-25-22(26)31-14-19(27)23-17(13-20(28)30-15(2)3)16-9-6-5-7-10-16/h5-12,15,17H,4,13-14H2,1-3H3,(H,23,27). The fourth-order valence-electron chi connectivity index (χ4n) is 3.05. The summed E-state index contributed by atoms with van der Waals surface area (Å²) in [6.07, 6.45) is 1.43. The van der Waals surface area contributed by atoms with Crippen LogP contribution >= 0.6 is 11.8 Å². The van der Waals surface area contributed by atoms with Crippen molar-refractivity contribution in [3.63, 3.8) is 0 Å². The van der Waals surface area contributed by atoms with Gasteiger partial charge >= 0.3 is 5.97 Å². The zero-order valence-electron chi connectivity index (χ0n) is 17.8. The first kappa shape index (κ1) is 22.6. The predicted molar refractivity (Wildman–Crippen MR) is 117 cm³/mol. The Bertz CT molecular complexity index is 986. The number of rotatable bonds is 10. The first-order valence-electron chi connectivity index (χ1n) is 10.1. The van der Waals surface area contributed by atoms with E-state index in [1.165, 1.54) is 11.8 Å². The van der Waals surface area contributed by atoms with E-state index in [0.29, 0.717) is 23.3 Å². The van der Waals surface area contributed by atoms with Gasteiger partial charge in [0, 0.05) is 6.54 Å². The predicted octanol–water partition coefficient (Wildman–Crippen LogP) is 3.85. The van der Waals surface area contributed by atoms with Gasteiger partial charge < -0.3 is 14.5 Å². The molecule has 3 rings (SSSR count). The van der Waals surface area contributed by atoms with Crippen molar-refractivity contribution in [2.75, 3.05) is 5.75 Å². The van der Waals surface area contributed by atoms with Gasteiger partial charge in [-0.3, -0.25) is 14.2 Å². The highest BCUT2D eigenvalue weighted by atomic mass is 32.2. The minimum atomic E-state index is -0.469. The van der Waals surface area contributed by atoms with Crippen molar-refractivity contribution < 1.29 is 18.7 Å². The van der Waals surface area contributed by atoms with Crippen LogP contribution in [0.25, 0.3) is 11.6 Å². The quantitative estimate of drug-likeness (QED) is 0.376. The van der Waals surface area contributed by atoms with Gasteiger partial charge in [-0.05, 0) is 38.5 Å². The van der Waals surface area contributed by atoms with Crippen molar-refractivity contribution in [1.29, 1.82) is 0 Å². The van der Waals surface area contributed by atoms with Crippen LogP contribution in [0.5, 0.6) is 0 Å². The fraction of sp³-hybridized carbons (Fsp3) is 0.364. The first-order valence-corrected chi connectivity index (χ1v) is 11.1. The van der Waals surface area contributed by atoms with Gasteiger partial charge in [-0.1, -0.05) is 42.1 Å². The molecule has 0 saturated heterocycles. The van der Waals surface area contributed by atoms with Crippen molar-refractivity contribution in [2.24, 2.45) is 0 Å². The van der Waals surface area contributed by atoms with Crippen LogP contribution in [0.3, 0.4) is 0 Å². The summed E-state index contributed by atoms with van der Waals surface area (Å²) >= 11 is 1.28. The Balaban J connectivity index is 1.65. The monoisotopic (exact) mass is 442 g/mol. The van der Waals surface area contributed by atoms with Crippen molar-refractivity contribution in [2.45, 2.75) is 51.0 Å². The Morgan fingerprint density at radius 3 is 2.58 bits per heavy atom. The van der Waals surface area contributed by atoms with Crippen molar-refractivity contribution in [3.05, 3.63) is 54.3 Å². The lowest BCUT2D eigenvalue weighted by atomic mass is 10.0. The molecule has 2 heterocycles. The smallest absolute Gasteiger partial charge is 0.308 e. The molecule has 1 unspecified atom stereocenters. The number of ether oxygens (including phenoxy) is 1. The summed E-state index contributed by atoms with van der Waals surface area (Å²) in [5, 5.41) is 12.0. The van der Waals surface area contributed by atoms with Gasteiger partial charge in [0.25, 0.3) is 0 Å². The summed E-state index contributed by atoms with van der Waals surface area (Å²) in [4.78, 5) is 24.9. The number of amides is 1. The molecule has 1 atom stereocenters. The Morgan fingerprint density at radius 2 is 1.94 bits per heavy atom. The lowest BCUT2D eigenvalue weighted by Crippen LogP contribution is -2.32. The van der Waals surface area contributed by atoms with E-state index < -0.39 is 6.04 Å². The molecule has 3 aromatic rings. The molecule has 0 aliphatic heterocycles. The normalized spacial score (nSPS) is 12.0. The maximum Gasteiger partial charge on any atom is 0.308 e. The summed E-state index contributed by atoms with van der Waals surface area (Å²) in [6, 6.07) is 12.5. The Hall–Kier alpha value is -3.07. The summed E-state index contributed by atoms with van der Waals surface area (Å²) in [5.41, 5.74) is 0.846. The maximum atomic E-state index is 12.7. The van der Waals surface area contributed by atoms with Gasteiger partial charge in [-0.2, -0.15) is 0 Å². The van der Waals surface area contributed by atoms with Crippen LogP contribution < -0.4 is 5.32 Å². The number of esters is 1. The molecular weight excluding hydrogens is 416 g/mol. The van der Waals surface area contributed by atoms with Gasteiger partial charge in [-0.25, -0.2) is 0 Å². The number of carbonyl (C=O) groups is 2. The van der Waals surface area contributed by atoms with Crippen LogP contribution in [0.2, 0.25) is 0 Å². The molecule has 1 amide bonds. The van der Waals surface area contributed by atoms with Gasteiger partial charge in [0.15, 0.2) is 16.7 Å². The van der Waals surface area contributed by atoms with E-state index in [1.54, 1.807) is 26.2 Å². The van der Waals surface area contributed by atoms with Crippen molar-refractivity contribution in [1.82, 2.24) is 20.1 Å². The minimum Gasteiger partial charge on any atom is -0.463 e. The van der Waals surface area contributed by atoms with Crippen molar-refractivity contribution in [3.8, 4) is 11.6 Å². The topological polar surface area (TPSA) is 99.2 Å². The second kappa shape index (κ2) is 10.8. The number of thioether (sulfide) groups is 1. The zero-order valence-corrected chi connectivity index (χ0v) is 18.6. The summed E-state index contributed by atoms with van der Waals surface area (Å²) in [5.74, 6) is 0.818. The molecule has 0 spiro atoms. The second-order valence-electron chi connectivity index (χ2n) is 7.09. The molecule has 164 valence electrons. The summed E-state index contributed by atoms with van der Waals surface area (Å²) in [7, 11) is 0. The molecule has 31 heavy (non-hydrogen) atoms. The Kier molecular flexibility index (Phi) is 7.88. The lowest BCUT2D eigenvalue weighted by Gasteiger charge is -2.19. The van der Waals surface area contributed by atoms with Crippen molar-refractivity contribution >= 4 is 23.6 Å². The number of aromatic nitrogens is 3. The number of nitrogens with one attached hydrogen (secondary N) is 1. The average molecular weight is 443 g/mol. The van der Waals surface area contributed by atoms with E-state index in [0.717, 1.165) is 5.56 Å². The summed E-state index contributed by atoms with van der Waals surface area (Å²) in [6.45, 7) is 6.21. The van der Waals surface area contributed by atoms with Crippen LogP contribution in [0, 0.1) is 0 Å². The molecule has 1 aromatic carbocycles. The molecule has 8 nitrogen and oxygen atoms in total. The molecule has 2 aromatic heterocycles. The zero-order chi connectivity index (χ0) is 22.2. The van der Waals surface area contributed by atoms with Crippen LogP contribution in [-0.4, -0.2) is 38.5 Å². The largest absolute Gasteiger partial charge is 0.463 e. The molecule has 9 heteroatoms. The third-order valence-electron chi connectivity index (χ3n) is 4.38. The van der Waals surface area contributed by atoms with E-state index in [2.05, 4.69) is 15.5 Å². The van der Waals surface area contributed by atoms with Crippen LogP contribution in [0.15, 0.2) is 58.3 Å². The number of hydrogen-bond acceptors (Lipinski definition) is 7. The highest BCUT2D eigenvalue weighted by Gasteiger charge is 2.21. The fourth-order valence-corrected chi connectivity index (χ4v) is 3.86. The molecule has 0 saturated carbocycles. The molecule has 0 radical (unpaired) electrons. The van der Waals surface area contributed by atoms with E-state index in [4.69, 9.17) is 9.15 Å². The van der Waals surface area contributed by atoms with Gasteiger partial charge in [0.2, 0.25) is 5.91 Å². The van der Waals surface area contributed by atoms with Crippen LogP contribution in [0.1, 0.15) is 38.8 Å². The molecule has 0 aliphatic carbocycles. The second-order valence-corrected chi connectivity index (χ2v) is 8.03. The molecule has 1 N–H and O–H groups in total. The van der Waals surface area contributed by atoms with Gasteiger partial charge in [-0.15, -0.1) is 10.2 Å². The Labute approximate surface area is 185 Å². The highest BCUT2D eigenvalue weighted by molar-refractivity contribution is 7.99. The molecule has 0 aliphatic rings. The van der Waals surface area contributed by atoms with Crippen LogP contribution in [0.4, 0.5) is 0 Å². The number of nitrogens with zero attached hydrogens (tertiary/aromatic N) is 3. The third-order valence-corrected chi connectivity index (χ3v) is 5.35. The molecular formula is C22H26N4O4S. The van der Waals surface area contributed by atoms with E-state index in [-0.39, 0.29) is 30.2 Å². The van der Waals surface area contributed by atoms with E-state index >= 15 is 0 Å².